The predicted molar refractivity (Wildman–Crippen MR) is 80.4 cm³/mol. The van der Waals surface area contributed by atoms with Crippen LogP contribution in [0.3, 0.4) is 0 Å². The number of benzene rings is 1. The van der Waals surface area contributed by atoms with E-state index >= 15 is 0 Å². The van der Waals surface area contributed by atoms with Gasteiger partial charge in [-0.2, -0.15) is 4.98 Å². The topological polar surface area (TPSA) is 57.4 Å². The molecule has 0 saturated carbocycles. The van der Waals surface area contributed by atoms with Gasteiger partial charge in [0.1, 0.15) is 5.75 Å². The van der Waals surface area contributed by atoms with Crippen molar-refractivity contribution in [1.82, 2.24) is 4.98 Å². The van der Waals surface area contributed by atoms with Crippen LogP contribution >= 0.6 is 0 Å². The van der Waals surface area contributed by atoms with E-state index in [0.29, 0.717) is 30.0 Å². The lowest BCUT2D eigenvalue weighted by molar-refractivity contribution is 0.322. The summed E-state index contributed by atoms with van der Waals surface area (Å²) in [5.74, 6) is 2.08. The molecule has 0 spiro atoms. The maximum Gasteiger partial charge on any atom is 0.240 e. The minimum atomic E-state index is 0.381. The van der Waals surface area contributed by atoms with Gasteiger partial charge in [-0.1, -0.05) is 32.0 Å². The number of aromatic nitrogens is 1. The van der Waals surface area contributed by atoms with Gasteiger partial charge in [-0.25, -0.2) is 0 Å². The number of pyridine rings is 1. The minimum absolute atomic E-state index is 0.381. The molecule has 0 saturated heterocycles. The van der Waals surface area contributed by atoms with Crippen LogP contribution < -0.4 is 15.2 Å². The largest absolute Gasteiger partial charge is 0.476 e. The van der Waals surface area contributed by atoms with Crippen molar-refractivity contribution in [3.05, 3.63) is 42.0 Å². The van der Waals surface area contributed by atoms with Gasteiger partial charge >= 0.3 is 0 Å². The van der Waals surface area contributed by atoms with E-state index in [2.05, 4.69) is 24.9 Å². The molecule has 1 aromatic heterocycles. The van der Waals surface area contributed by atoms with E-state index < -0.39 is 0 Å². The van der Waals surface area contributed by atoms with Crippen molar-refractivity contribution in [2.24, 2.45) is 0 Å². The van der Waals surface area contributed by atoms with E-state index in [4.69, 9.17) is 15.2 Å². The van der Waals surface area contributed by atoms with Gasteiger partial charge < -0.3 is 15.2 Å². The van der Waals surface area contributed by atoms with Crippen molar-refractivity contribution >= 4 is 5.69 Å². The summed E-state index contributed by atoms with van der Waals surface area (Å²) in [4.78, 5) is 4.29. The van der Waals surface area contributed by atoms with Crippen LogP contribution in [-0.4, -0.2) is 11.6 Å². The Morgan fingerprint density at radius 2 is 1.90 bits per heavy atom. The van der Waals surface area contributed by atoms with Gasteiger partial charge in [0.25, 0.3) is 0 Å². The van der Waals surface area contributed by atoms with Crippen LogP contribution in [0.2, 0.25) is 0 Å². The van der Waals surface area contributed by atoms with Crippen molar-refractivity contribution in [3.63, 3.8) is 0 Å². The minimum Gasteiger partial charge on any atom is -0.476 e. The Bertz CT molecular complexity index is 582. The number of para-hydroxylation sites is 1. The molecule has 0 atom stereocenters. The van der Waals surface area contributed by atoms with E-state index in [9.17, 15) is 0 Å². The van der Waals surface area contributed by atoms with E-state index in [1.54, 1.807) is 12.1 Å². The fourth-order valence-corrected chi connectivity index (χ4v) is 1.91. The van der Waals surface area contributed by atoms with Crippen LogP contribution in [0, 0.1) is 0 Å². The average Bonchev–Trinajstić information content (AvgIpc) is 2.43. The number of nitrogens with zero attached hydrogens (tertiary/aromatic N) is 1. The third-order valence-corrected chi connectivity index (χ3v) is 2.90. The van der Waals surface area contributed by atoms with E-state index in [0.717, 1.165) is 11.3 Å². The zero-order valence-corrected chi connectivity index (χ0v) is 12.1. The monoisotopic (exact) mass is 272 g/mol. The van der Waals surface area contributed by atoms with Gasteiger partial charge in [0.2, 0.25) is 11.8 Å². The third-order valence-electron chi connectivity index (χ3n) is 2.90. The van der Waals surface area contributed by atoms with E-state index in [-0.39, 0.29) is 0 Å². The molecular formula is C16H20N2O2. The van der Waals surface area contributed by atoms with Crippen molar-refractivity contribution in [1.29, 1.82) is 0 Å². The molecule has 20 heavy (non-hydrogen) atoms. The van der Waals surface area contributed by atoms with E-state index in [1.807, 2.05) is 25.1 Å². The van der Waals surface area contributed by atoms with Gasteiger partial charge in [-0.3, -0.25) is 0 Å². The van der Waals surface area contributed by atoms with Gasteiger partial charge in [-0.05, 0) is 30.5 Å². The number of hydrogen-bond acceptors (Lipinski definition) is 4. The number of rotatable bonds is 5. The van der Waals surface area contributed by atoms with Crippen molar-refractivity contribution < 1.29 is 9.47 Å². The van der Waals surface area contributed by atoms with E-state index in [1.165, 1.54) is 0 Å². The lowest BCUT2D eigenvalue weighted by Crippen LogP contribution is -2.01. The molecule has 0 amide bonds. The second kappa shape index (κ2) is 6.28. The molecular weight excluding hydrogens is 252 g/mol. The molecule has 0 fully saturated rings. The summed E-state index contributed by atoms with van der Waals surface area (Å²) >= 11 is 0. The quantitative estimate of drug-likeness (QED) is 0.894. The molecule has 0 unspecified atom stereocenters. The lowest BCUT2D eigenvalue weighted by atomic mass is 10.0. The first-order valence-corrected chi connectivity index (χ1v) is 6.78. The molecule has 0 aliphatic carbocycles. The third kappa shape index (κ3) is 3.20. The van der Waals surface area contributed by atoms with Crippen LogP contribution in [0.4, 0.5) is 5.69 Å². The van der Waals surface area contributed by atoms with Gasteiger partial charge in [0.15, 0.2) is 0 Å². The van der Waals surface area contributed by atoms with Gasteiger partial charge in [0, 0.05) is 6.07 Å². The van der Waals surface area contributed by atoms with Crippen molar-refractivity contribution in [3.8, 4) is 17.5 Å². The number of nitrogen functional groups attached to an aromatic ring is 1. The molecule has 1 heterocycles. The van der Waals surface area contributed by atoms with Gasteiger partial charge in [-0.15, -0.1) is 0 Å². The summed E-state index contributed by atoms with van der Waals surface area (Å²) in [6, 6.07) is 11.4. The Hall–Kier alpha value is -2.23. The number of nitrogens with two attached hydrogens (primary N) is 1. The maximum absolute atomic E-state index is 5.87. The van der Waals surface area contributed by atoms with Crippen molar-refractivity contribution in [2.75, 3.05) is 12.3 Å². The number of hydrogen-bond donors (Lipinski definition) is 1. The Morgan fingerprint density at radius 1 is 1.15 bits per heavy atom. The molecule has 1 aromatic carbocycles. The summed E-state index contributed by atoms with van der Waals surface area (Å²) in [7, 11) is 0. The average molecular weight is 272 g/mol. The predicted octanol–water partition coefficient (Wildman–Crippen LogP) is 3.98. The van der Waals surface area contributed by atoms with Crippen molar-refractivity contribution in [2.45, 2.75) is 26.7 Å². The highest BCUT2D eigenvalue weighted by Crippen LogP contribution is 2.31. The van der Waals surface area contributed by atoms with Crippen LogP contribution in [0.5, 0.6) is 17.5 Å². The molecule has 4 nitrogen and oxygen atoms in total. The Kier molecular flexibility index (Phi) is 4.45. The standard InChI is InChI=1S/C16H20N2O2/c1-4-19-16-13(17)9-10-15(18-16)20-14-8-6-5-7-12(14)11(2)3/h5-11H,4,17H2,1-3H3. The molecule has 0 bridgehead atoms. The first-order valence-electron chi connectivity index (χ1n) is 6.78. The molecule has 0 radical (unpaired) electrons. The first-order chi connectivity index (χ1) is 9.61. The van der Waals surface area contributed by atoms with Crippen LogP contribution in [0.15, 0.2) is 36.4 Å². The van der Waals surface area contributed by atoms with Gasteiger partial charge in [0.05, 0.1) is 12.3 Å². The highest BCUT2D eigenvalue weighted by Gasteiger charge is 2.10. The second-order valence-electron chi connectivity index (χ2n) is 4.77. The molecule has 2 N–H and O–H groups in total. The SMILES string of the molecule is CCOc1nc(Oc2ccccc2C(C)C)ccc1N. The van der Waals surface area contributed by atoms with Crippen LogP contribution in [-0.2, 0) is 0 Å². The highest BCUT2D eigenvalue weighted by atomic mass is 16.5. The summed E-state index contributed by atoms with van der Waals surface area (Å²) in [5.41, 5.74) is 7.46. The molecule has 106 valence electrons. The summed E-state index contributed by atoms with van der Waals surface area (Å²) < 4.78 is 11.2. The summed E-state index contributed by atoms with van der Waals surface area (Å²) in [5, 5.41) is 0. The van der Waals surface area contributed by atoms with Crippen LogP contribution in [0.25, 0.3) is 0 Å². The zero-order chi connectivity index (χ0) is 14.5. The Balaban J connectivity index is 2.28. The maximum atomic E-state index is 5.87. The molecule has 2 rings (SSSR count). The normalized spacial score (nSPS) is 10.6. The van der Waals surface area contributed by atoms with Crippen LogP contribution in [0.1, 0.15) is 32.3 Å². The molecule has 4 heteroatoms. The number of anilines is 1. The smallest absolute Gasteiger partial charge is 0.240 e. The zero-order valence-electron chi connectivity index (χ0n) is 12.1. The Morgan fingerprint density at radius 3 is 2.60 bits per heavy atom. The molecule has 2 aromatic rings. The lowest BCUT2D eigenvalue weighted by Gasteiger charge is -2.14. The number of ether oxygens (including phenoxy) is 2. The fraction of sp³-hybridized carbons (Fsp3) is 0.312. The fourth-order valence-electron chi connectivity index (χ4n) is 1.91. The highest BCUT2D eigenvalue weighted by molar-refractivity contribution is 5.50. The summed E-state index contributed by atoms with van der Waals surface area (Å²) in [6.07, 6.45) is 0. The first kappa shape index (κ1) is 14.2. The molecule has 0 aliphatic rings. The Labute approximate surface area is 119 Å². The summed E-state index contributed by atoms with van der Waals surface area (Å²) in [6.45, 7) is 6.67. The second-order valence-corrected chi connectivity index (χ2v) is 4.77. The molecule has 0 aliphatic heterocycles.